The molecule has 30 heavy (non-hydrogen) atoms. The molecule has 0 bridgehead atoms. The fraction of sp³-hybridized carbons (Fsp3) is 0.0476. The molecule has 4 N–H and O–H groups in total. The van der Waals surface area contributed by atoms with E-state index in [1.54, 1.807) is 60.7 Å². The van der Waals surface area contributed by atoms with Gasteiger partial charge in [0.05, 0.1) is 15.8 Å². The Morgan fingerprint density at radius 3 is 2.57 bits per heavy atom. The van der Waals surface area contributed by atoms with Gasteiger partial charge in [0.15, 0.2) is 11.4 Å². The summed E-state index contributed by atoms with van der Waals surface area (Å²) in [5.74, 6) is -0.239. The van der Waals surface area contributed by atoms with E-state index >= 15 is 0 Å². The Kier molecular flexibility index (Phi) is 5.21. The molecule has 0 aliphatic rings. The Balaban J connectivity index is 1.50. The number of carbonyl (C=O) groups is 1. The number of benzene rings is 3. The molecule has 0 spiro atoms. The van der Waals surface area contributed by atoms with Crippen LogP contribution in [0.1, 0.15) is 15.9 Å². The Morgan fingerprint density at radius 1 is 1.00 bits per heavy atom. The molecule has 0 saturated heterocycles. The normalized spacial score (nSPS) is 11.5. The summed E-state index contributed by atoms with van der Waals surface area (Å²) in [5.41, 5.74) is 7.77. The van der Waals surface area contributed by atoms with Crippen molar-refractivity contribution >= 4 is 38.4 Å². The summed E-state index contributed by atoms with van der Waals surface area (Å²) in [6.07, 6.45) is 0. The van der Waals surface area contributed by atoms with E-state index in [4.69, 9.17) is 10.3 Å². The maximum Gasteiger partial charge on any atom is 0.256 e. The highest BCUT2D eigenvalue weighted by atomic mass is 32.2. The number of carbonyl (C=O) groups excluding carboxylic acids is 1. The fourth-order valence-corrected chi connectivity index (χ4v) is 4.06. The first-order valence-electron chi connectivity index (χ1n) is 9.03. The highest BCUT2D eigenvalue weighted by molar-refractivity contribution is 7.89. The first-order valence-corrected chi connectivity index (χ1v) is 10.5. The van der Waals surface area contributed by atoms with Crippen molar-refractivity contribution in [3.05, 3.63) is 83.9 Å². The van der Waals surface area contributed by atoms with Crippen molar-refractivity contribution in [2.24, 2.45) is 0 Å². The van der Waals surface area contributed by atoms with E-state index in [-0.39, 0.29) is 23.2 Å². The van der Waals surface area contributed by atoms with Gasteiger partial charge >= 0.3 is 0 Å². The van der Waals surface area contributed by atoms with Gasteiger partial charge in [-0.2, -0.15) is 0 Å². The smallest absolute Gasteiger partial charge is 0.256 e. The summed E-state index contributed by atoms with van der Waals surface area (Å²) in [7, 11) is -3.63. The van der Waals surface area contributed by atoms with Crippen molar-refractivity contribution in [3.63, 3.8) is 0 Å². The average Bonchev–Trinajstić information content (AvgIpc) is 3.14. The standard InChI is InChI=1S/C21H18N4O4S/c22-20-19-17(10-5-11-18(19)29-25-20)21(26)24-15-7-4-6-14(12-15)13-23-30(27,28)16-8-2-1-3-9-16/h1-12,23H,13H2,(H2,22,25)(H,24,26). The van der Waals surface area contributed by atoms with Gasteiger partial charge in [0, 0.05) is 12.2 Å². The maximum atomic E-state index is 12.7. The molecule has 0 aliphatic heterocycles. The third-order valence-electron chi connectivity index (χ3n) is 4.47. The van der Waals surface area contributed by atoms with Crippen LogP contribution in [0.5, 0.6) is 0 Å². The highest BCUT2D eigenvalue weighted by Gasteiger charge is 2.17. The van der Waals surface area contributed by atoms with Crippen LogP contribution in [0.4, 0.5) is 11.5 Å². The average molecular weight is 422 g/mol. The lowest BCUT2D eigenvalue weighted by atomic mass is 10.1. The molecule has 0 aliphatic carbocycles. The van der Waals surface area contributed by atoms with Crippen LogP contribution in [0.3, 0.4) is 0 Å². The number of nitrogens with one attached hydrogen (secondary N) is 2. The van der Waals surface area contributed by atoms with Gasteiger partial charge in [-0.15, -0.1) is 0 Å². The SMILES string of the molecule is Nc1noc2cccc(C(=O)Nc3cccc(CNS(=O)(=O)c4ccccc4)c3)c12. The minimum atomic E-state index is -3.63. The number of rotatable bonds is 6. The number of amides is 1. The van der Waals surface area contributed by atoms with Crippen LogP contribution in [0.2, 0.25) is 0 Å². The highest BCUT2D eigenvalue weighted by Crippen LogP contribution is 2.25. The van der Waals surface area contributed by atoms with Crippen molar-refractivity contribution in [2.45, 2.75) is 11.4 Å². The minimum absolute atomic E-state index is 0.0785. The zero-order valence-electron chi connectivity index (χ0n) is 15.7. The minimum Gasteiger partial charge on any atom is -0.380 e. The second kappa shape index (κ2) is 7.97. The number of aromatic nitrogens is 1. The van der Waals surface area contributed by atoms with Crippen LogP contribution in [0.25, 0.3) is 11.0 Å². The van der Waals surface area contributed by atoms with Crippen LogP contribution in [0, 0.1) is 0 Å². The monoisotopic (exact) mass is 422 g/mol. The van der Waals surface area contributed by atoms with Crippen LogP contribution in [0.15, 0.2) is 82.2 Å². The van der Waals surface area contributed by atoms with Gasteiger partial charge in [0.2, 0.25) is 10.0 Å². The first-order chi connectivity index (χ1) is 14.4. The van der Waals surface area contributed by atoms with Crippen molar-refractivity contribution < 1.29 is 17.7 Å². The molecule has 0 atom stereocenters. The summed E-state index contributed by atoms with van der Waals surface area (Å²) in [5, 5.41) is 6.93. The van der Waals surface area contributed by atoms with Gasteiger partial charge in [-0.3, -0.25) is 4.79 Å². The fourth-order valence-electron chi connectivity index (χ4n) is 3.02. The largest absolute Gasteiger partial charge is 0.380 e. The van der Waals surface area contributed by atoms with Crippen LogP contribution < -0.4 is 15.8 Å². The maximum absolute atomic E-state index is 12.7. The van der Waals surface area contributed by atoms with E-state index < -0.39 is 10.0 Å². The lowest BCUT2D eigenvalue weighted by molar-refractivity contribution is 0.102. The summed E-state index contributed by atoms with van der Waals surface area (Å²) >= 11 is 0. The zero-order valence-corrected chi connectivity index (χ0v) is 16.5. The Hall–Kier alpha value is -3.69. The third-order valence-corrected chi connectivity index (χ3v) is 5.89. The van der Waals surface area contributed by atoms with Crippen molar-refractivity contribution in [1.29, 1.82) is 0 Å². The van der Waals surface area contributed by atoms with E-state index in [9.17, 15) is 13.2 Å². The molecule has 3 aromatic carbocycles. The number of fused-ring (bicyclic) bond motifs is 1. The van der Waals surface area contributed by atoms with Crippen molar-refractivity contribution in [1.82, 2.24) is 9.88 Å². The van der Waals surface area contributed by atoms with Gasteiger partial charge in [-0.05, 0) is 42.0 Å². The molecule has 8 nitrogen and oxygen atoms in total. The predicted octanol–water partition coefficient (Wildman–Crippen LogP) is 3.14. The topological polar surface area (TPSA) is 127 Å². The number of hydrogen-bond acceptors (Lipinski definition) is 6. The molecular formula is C21H18N4O4S. The van der Waals surface area contributed by atoms with Crippen LogP contribution in [-0.2, 0) is 16.6 Å². The Bertz CT molecular complexity index is 1320. The Labute approximate surface area is 172 Å². The van der Waals surface area contributed by atoms with Gasteiger partial charge in [-0.1, -0.05) is 41.6 Å². The molecule has 0 saturated carbocycles. The zero-order chi connectivity index (χ0) is 21.1. The molecule has 9 heteroatoms. The molecule has 4 rings (SSSR count). The Morgan fingerprint density at radius 2 is 1.77 bits per heavy atom. The van der Waals surface area contributed by atoms with Crippen LogP contribution >= 0.6 is 0 Å². The summed E-state index contributed by atoms with van der Waals surface area (Å²) in [6.45, 7) is 0.0785. The molecule has 1 aromatic heterocycles. The molecule has 4 aromatic rings. The lowest BCUT2D eigenvalue weighted by Crippen LogP contribution is -2.23. The second-order valence-electron chi connectivity index (χ2n) is 6.54. The number of nitrogen functional groups attached to an aromatic ring is 1. The third kappa shape index (κ3) is 4.02. The second-order valence-corrected chi connectivity index (χ2v) is 8.31. The van der Waals surface area contributed by atoms with Crippen LogP contribution in [-0.4, -0.2) is 19.5 Å². The number of nitrogens with zero attached hydrogens (tertiary/aromatic N) is 1. The summed E-state index contributed by atoms with van der Waals surface area (Å²) in [6, 6.07) is 20.0. The van der Waals surface area contributed by atoms with E-state index in [1.165, 1.54) is 12.1 Å². The van der Waals surface area contributed by atoms with E-state index in [1.807, 2.05) is 0 Å². The molecular weight excluding hydrogens is 404 g/mol. The van der Waals surface area contributed by atoms with E-state index in [2.05, 4.69) is 15.2 Å². The number of nitrogens with two attached hydrogens (primary N) is 1. The quantitative estimate of drug-likeness (QED) is 0.438. The number of anilines is 2. The molecule has 0 fully saturated rings. The van der Waals surface area contributed by atoms with E-state index in [0.717, 1.165) is 0 Å². The molecule has 1 amide bonds. The number of hydrogen-bond donors (Lipinski definition) is 3. The molecule has 152 valence electrons. The van der Waals surface area contributed by atoms with Gasteiger partial charge < -0.3 is 15.6 Å². The van der Waals surface area contributed by atoms with Gasteiger partial charge in [-0.25, -0.2) is 13.1 Å². The summed E-state index contributed by atoms with van der Waals surface area (Å²) in [4.78, 5) is 12.9. The lowest BCUT2D eigenvalue weighted by Gasteiger charge is -2.10. The van der Waals surface area contributed by atoms with Gasteiger partial charge in [0.25, 0.3) is 5.91 Å². The predicted molar refractivity (Wildman–Crippen MR) is 113 cm³/mol. The van der Waals surface area contributed by atoms with Gasteiger partial charge in [0.1, 0.15) is 0 Å². The molecule has 1 heterocycles. The molecule has 0 unspecified atom stereocenters. The first kappa shape index (κ1) is 19.6. The molecule has 0 radical (unpaired) electrons. The number of sulfonamides is 1. The van der Waals surface area contributed by atoms with Crippen molar-refractivity contribution in [2.75, 3.05) is 11.1 Å². The van der Waals surface area contributed by atoms with E-state index in [0.29, 0.717) is 27.8 Å². The van der Waals surface area contributed by atoms with Crippen molar-refractivity contribution in [3.8, 4) is 0 Å². The summed E-state index contributed by atoms with van der Waals surface area (Å²) < 4.78 is 32.4.